The lowest BCUT2D eigenvalue weighted by Gasteiger charge is -2.08. The van der Waals surface area contributed by atoms with Gasteiger partial charge in [-0.25, -0.2) is 0 Å². The second kappa shape index (κ2) is 6.38. The van der Waals surface area contributed by atoms with E-state index >= 15 is 0 Å². The number of hydrogen-bond donors (Lipinski definition) is 2. The number of ketones is 1. The maximum atomic E-state index is 11.6. The van der Waals surface area contributed by atoms with Crippen molar-refractivity contribution >= 4 is 27.9 Å². The quantitative estimate of drug-likeness (QED) is 0.353. The Kier molecular flexibility index (Phi) is 3.78. The van der Waals surface area contributed by atoms with Crippen molar-refractivity contribution in [2.24, 2.45) is 0 Å². The third-order valence-corrected chi connectivity index (χ3v) is 4.83. The van der Waals surface area contributed by atoms with Crippen LogP contribution in [0.4, 0.5) is 0 Å². The van der Waals surface area contributed by atoms with Crippen LogP contribution in [0.2, 0.25) is 0 Å². The molecule has 0 fully saturated rings. The Bertz CT molecular complexity index is 1470. The zero-order valence-electron chi connectivity index (χ0n) is 16.1. The van der Waals surface area contributed by atoms with Crippen molar-refractivity contribution in [1.82, 2.24) is 30.0 Å². The topological polar surface area (TPSA) is 119 Å². The van der Waals surface area contributed by atoms with Crippen LogP contribution in [-0.4, -0.2) is 46.0 Å². The summed E-state index contributed by atoms with van der Waals surface area (Å²) in [6.07, 6.45) is 0. The second-order valence-corrected chi connectivity index (χ2v) is 7.06. The molecule has 0 bridgehead atoms. The number of fused-ring (bicyclic) bond motifs is 2. The number of aromatic nitrogens is 6. The number of aryl methyl sites for hydroxylation is 1. The van der Waals surface area contributed by atoms with Gasteiger partial charge in [0.1, 0.15) is 44.9 Å². The largest absolute Gasteiger partial charge is 0.506 e. The number of phenolic OH excluding ortho intramolecular Hbond substituents is 2. The molecule has 0 atom stereocenters. The summed E-state index contributed by atoms with van der Waals surface area (Å²) in [5.41, 5.74) is 4.37. The third kappa shape index (κ3) is 2.84. The molecule has 5 rings (SSSR count). The molecule has 30 heavy (non-hydrogen) atoms. The zero-order valence-corrected chi connectivity index (χ0v) is 16.1. The molecule has 0 spiro atoms. The van der Waals surface area contributed by atoms with Crippen molar-refractivity contribution in [2.45, 2.75) is 13.8 Å². The molecule has 0 saturated carbocycles. The first-order valence-electron chi connectivity index (χ1n) is 9.17. The highest BCUT2D eigenvalue weighted by Crippen LogP contribution is 2.32. The standard InChI is InChI=1S/C21H16N6O3/c1-11-3-5-14-16(7-11)24-26(22-14)18-9-21(30)19(10-20(18)29)27-23-15-6-4-13(12(2)28)8-17(15)25-27/h3-10,29-30H,1-2H3. The van der Waals surface area contributed by atoms with E-state index in [0.29, 0.717) is 27.6 Å². The van der Waals surface area contributed by atoms with Gasteiger partial charge in [-0.05, 0) is 49.7 Å². The van der Waals surface area contributed by atoms with Crippen LogP contribution in [0.3, 0.4) is 0 Å². The molecule has 0 aliphatic rings. The average Bonchev–Trinajstić information content (AvgIpc) is 3.32. The number of carbonyl (C=O) groups excluding carboxylic acids is 1. The van der Waals surface area contributed by atoms with E-state index in [0.717, 1.165) is 5.56 Å². The summed E-state index contributed by atoms with van der Waals surface area (Å²) in [5.74, 6) is -0.386. The van der Waals surface area contributed by atoms with Crippen LogP contribution in [-0.2, 0) is 0 Å². The highest BCUT2D eigenvalue weighted by atomic mass is 16.3. The fraction of sp³-hybridized carbons (Fsp3) is 0.0952. The summed E-state index contributed by atoms with van der Waals surface area (Å²) in [7, 11) is 0. The summed E-state index contributed by atoms with van der Waals surface area (Å²) in [5, 5.41) is 38.5. The normalized spacial score (nSPS) is 11.4. The smallest absolute Gasteiger partial charge is 0.159 e. The van der Waals surface area contributed by atoms with Gasteiger partial charge in [0.15, 0.2) is 5.78 Å². The van der Waals surface area contributed by atoms with Gasteiger partial charge in [-0.15, -0.1) is 30.0 Å². The van der Waals surface area contributed by atoms with Crippen LogP contribution in [0, 0.1) is 6.92 Å². The van der Waals surface area contributed by atoms with E-state index in [9.17, 15) is 15.0 Å². The first-order chi connectivity index (χ1) is 14.4. The molecule has 2 aromatic heterocycles. The van der Waals surface area contributed by atoms with Crippen molar-refractivity contribution in [2.75, 3.05) is 0 Å². The van der Waals surface area contributed by atoms with Crippen molar-refractivity contribution in [1.29, 1.82) is 0 Å². The highest BCUT2D eigenvalue weighted by Gasteiger charge is 2.17. The second-order valence-electron chi connectivity index (χ2n) is 7.06. The molecule has 2 heterocycles. The Balaban J connectivity index is 1.60. The summed E-state index contributed by atoms with van der Waals surface area (Å²) in [4.78, 5) is 14.1. The lowest BCUT2D eigenvalue weighted by Crippen LogP contribution is -2.03. The van der Waals surface area contributed by atoms with Crippen LogP contribution in [0.15, 0.2) is 48.5 Å². The number of nitrogens with zero attached hydrogens (tertiary/aromatic N) is 6. The summed E-state index contributed by atoms with van der Waals surface area (Å²) in [6.45, 7) is 3.43. The fourth-order valence-electron chi connectivity index (χ4n) is 3.25. The Hall–Kier alpha value is -4.27. The van der Waals surface area contributed by atoms with E-state index in [1.54, 1.807) is 18.2 Å². The number of Topliss-reactive ketones (excluding diaryl/α,β-unsaturated/α-hetero) is 1. The fourth-order valence-corrected chi connectivity index (χ4v) is 3.25. The monoisotopic (exact) mass is 400 g/mol. The lowest BCUT2D eigenvalue weighted by atomic mass is 10.1. The van der Waals surface area contributed by atoms with Crippen molar-refractivity contribution in [3.63, 3.8) is 0 Å². The minimum Gasteiger partial charge on any atom is -0.506 e. The van der Waals surface area contributed by atoms with Gasteiger partial charge in [-0.1, -0.05) is 6.07 Å². The lowest BCUT2D eigenvalue weighted by molar-refractivity contribution is 0.101. The van der Waals surface area contributed by atoms with Gasteiger partial charge in [0.2, 0.25) is 0 Å². The van der Waals surface area contributed by atoms with Gasteiger partial charge in [0.25, 0.3) is 0 Å². The first kappa shape index (κ1) is 17.8. The molecule has 0 amide bonds. The van der Waals surface area contributed by atoms with Crippen LogP contribution in [0.5, 0.6) is 11.5 Å². The van der Waals surface area contributed by atoms with Crippen molar-refractivity contribution in [3.8, 4) is 22.9 Å². The minimum atomic E-state index is -0.160. The maximum absolute atomic E-state index is 11.6. The van der Waals surface area contributed by atoms with Gasteiger partial charge >= 0.3 is 0 Å². The summed E-state index contributed by atoms with van der Waals surface area (Å²) < 4.78 is 0. The van der Waals surface area contributed by atoms with E-state index in [1.807, 2.05) is 25.1 Å². The van der Waals surface area contributed by atoms with Gasteiger partial charge < -0.3 is 10.2 Å². The van der Waals surface area contributed by atoms with Gasteiger partial charge in [-0.2, -0.15) is 0 Å². The van der Waals surface area contributed by atoms with Gasteiger partial charge in [0, 0.05) is 17.7 Å². The predicted octanol–water partition coefficient (Wildman–Crippen LogP) is 3.08. The molecule has 0 aliphatic carbocycles. The molecular weight excluding hydrogens is 384 g/mol. The molecule has 0 aliphatic heterocycles. The molecule has 0 unspecified atom stereocenters. The zero-order chi connectivity index (χ0) is 21.0. The van der Waals surface area contributed by atoms with Crippen LogP contribution in [0.1, 0.15) is 22.8 Å². The van der Waals surface area contributed by atoms with E-state index < -0.39 is 0 Å². The van der Waals surface area contributed by atoms with Gasteiger partial charge in [0.05, 0.1) is 0 Å². The number of hydrogen-bond acceptors (Lipinski definition) is 7. The van der Waals surface area contributed by atoms with Crippen LogP contribution < -0.4 is 0 Å². The Morgan fingerprint density at radius 3 is 1.80 bits per heavy atom. The van der Waals surface area contributed by atoms with E-state index in [-0.39, 0.29) is 28.7 Å². The SMILES string of the molecule is CC(=O)c1ccc2nn(-c3cc(O)c(-n4nc5ccc(C)cc5n4)cc3O)nc2c1. The molecular formula is C21H16N6O3. The highest BCUT2D eigenvalue weighted by molar-refractivity contribution is 5.97. The number of phenols is 2. The third-order valence-electron chi connectivity index (χ3n) is 4.83. The molecule has 9 heteroatoms. The van der Waals surface area contributed by atoms with E-state index in [4.69, 9.17) is 0 Å². The molecule has 9 nitrogen and oxygen atoms in total. The van der Waals surface area contributed by atoms with Crippen LogP contribution in [0.25, 0.3) is 33.4 Å². The Labute approximate surface area is 169 Å². The first-order valence-corrected chi connectivity index (χ1v) is 9.17. The van der Waals surface area contributed by atoms with Crippen molar-refractivity contribution < 1.29 is 15.0 Å². The van der Waals surface area contributed by atoms with E-state index in [2.05, 4.69) is 20.4 Å². The molecule has 2 N–H and O–H groups in total. The maximum Gasteiger partial charge on any atom is 0.159 e. The average molecular weight is 400 g/mol. The number of benzene rings is 3. The van der Waals surface area contributed by atoms with Crippen LogP contribution >= 0.6 is 0 Å². The summed E-state index contributed by atoms with van der Waals surface area (Å²) >= 11 is 0. The number of aromatic hydroxyl groups is 2. The molecule has 5 aromatic rings. The number of rotatable bonds is 3. The molecule has 3 aromatic carbocycles. The van der Waals surface area contributed by atoms with Crippen molar-refractivity contribution in [3.05, 3.63) is 59.7 Å². The van der Waals surface area contributed by atoms with Gasteiger partial charge in [-0.3, -0.25) is 4.79 Å². The molecule has 0 radical (unpaired) electrons. The molecule has 0 saturated heterocycles. The molecule has 148 valence electrons. The Morgan fingerprint density at radius 2 is 1.23 bits per heavy atom. The Morgan fingerprint density at radius 1 is 0.733 bits per heavy atom. The van der Waals surface area contributed by atoms with E-state index in [1.165, 1.54) is 28.6 Å². The minimum absolute atomic E-state index is 0.0782. The summed E-state index contributed by atoms with van der Waals surface area (Å²) in [6, 6.07) is 13.3. The number of carbonyl (C=O) groups is 1. The predicted molar refractivity (Wildman–Crippen MR) is 109 cm³/mol.